The highest BCUT2D eigenvalue weighted by Crippen LogP contribution is 2.15. The van der Waals surface area contributed by atoms with Crippen molar-refractivity contribution >= 4 is 11.8 Å². The lowest BCUT2D eigenvalue weighted by Crippen LogP contribution is -2.46. The van der Waals surface area contributed by atoms with Crippen molar-refractivity contribution in [1.29, 1.82) is 0 Å². The Morgan fingerprint density at radius 3 is 2.67 bits per heavy atom. The van der Waals surface area contributed by atoms with E-state index in [1.807, 2.05) is 39.6 Å². The molecule has 0 aromatic carbocycles. The first-order valence-corrected chi connectivity index (χ1v) is 8.43. The Bertz CT molecular complexity index is 583. The number of hydrogen-bond acceptors (Lipinski definition) is 5. The van der Waals surface area contributed by atoms with Crippen molar-refractivity contribution in [2.45, 2.75) is 52.9 Å². The fraction of sp³-hybridized carbons (Fsp3) is 0.750. The molecule has 2 rings (SSSR count). The van der Waals surface area contributed by atoms with E-state index >= 15 is 0 Å². The first-order chi connectivity index (χ1) is 11.3. The Labute approximate surface area is 143 Å². The molecule has 24 heavy (non-hydrogen) atoms. The molecule has 1 aliphatic rings. The zero-order valence-electron chi connectivity index (χ0n) is 15.2. The normalized spacial score (nSPS) is 18.0. The third kappa shape index (κ3) is 4.53. The first kappa shape index (κ1) is 18.4. The van der Waals surface area contributed by atoms with E-state index in [0.29, 0.717) is 26.2 Å². The van der Waals surface area contributed by atoms with Gasteiger partial charge in [-0.3, -0.25) is 14.5 Å². The Balaban J connectivity index is 2.16. The number of nitrogens with one attached hydrogen (secondary N) is 1. The van der Waals surface area contributed by atoms with Crippen molar-refractivity contribution in [2.24, 2.45) is 5.92 Å². The average Bonchev–Trinajstić information content (AvgIpc) is 2.83. The number of amides is 2. The molecule has 0 saturated carbocycles. The molecule has 1 N–H and O–H groups in total. The van der Waals surface area contributed by atoms with Crippen LogP contribution in [0.5, 0.6) is 0 Å². The maximum atomic E-state index is 12.7. The lowest BCUT2D eigenvalue weighted by molar-refractivity contribution is -0.135. The molecule has 0 saturated heterocycles. The second-order valence-corrected chi connectivity index (χ2v) is 7.00. The van der Waals surface area contributed by atoms with Crippen molar-refractivity contribution in [3.8, 4) is 0 Å². The molecule has 1 aliphatic heterocycles. The summed E-state index contributed by atoms with van der Waals surface area (Å²) in [5.41, 5.74) is 0. The minimum Gasteiger partial charge on any atom is -0.354 e. The van der Waals surface area contributed by atoms with Gasteiger partial charge in [0.05, 0.1) is 25.6 Å². The largest absolute Gasteiger partial charge is 0.354 e. The van der Waals surface area contributed by atoms with Gasteiger partial charge < -0.3 is 10.2 Å². The van der Waals surface area contributed by atoms with Gasteiger partial charge in [0.25, 0.3) is 0 Å². The van der Waals surface area contributed by atoms with Crippen LogP contribution in [0, 0.1) is 5.92 Å². The first-order valence-electron chi connectivity index (χ1n) is 8.43. The van der Waals surface area contributed by atoms with E-state index in [1.54, 1.807) is 9.58 Å². The van der Waals surface area contributed by atoms with Gasteiger partial charge in [-0.15, -0.1) is 0 Å². The fourth-order valence-corrected chi connectivity index (χ4v) is 2.58. The van der Waals surface area contributed by atoms with Crippen molar-refractivity contribution in [3.05, 3.63) is 12.2 Å². The van der Waals surface area contributed by atoms with Crippen LogP contribution in [0.15, 0.2) is 6.33 Å². The molecular formula is C16H28N6O2. The number of fused-ring (bicyclic) bond motifs is 1. The van der Waals surface area contributed by atoms with Crippen LogP contribution < -0.4 is 5.32 Å². The molecule has 0 bridgehead atoms. The monoisotopic (exact) mass is 336 g/mol. The third-order valence-corrected chi connectivity index (χ3v) is 4.28. The number of carbonyl (C=O) groups excluding carboxylic acids is 2. The number of rotatable bonds is 5. The van der Waals surface area contributed by atoms with Crippen LogP contribution in [-0.4, -0.2) is 68.6 Å². The molecule has 134 valence electrons. The summed E-state index contributed by atoms with van der Waals surface area (Å²) >= 11 is 0. The molecule has 1 aromatic heterocycles. The summed E-state index contributed by atoms with van der Waals surface area (Å²) in [4.78, 5) is 33.1. The Morgan fingerprint density at radius 1 is 1.33 bits per heavy atom. The summed E-state index contributed by atoms with van der Waals surface area (Å²) in [6.07, 6.45) is 1.47. The molecule has 1 aromatic rings. The Hall–Kier alpha value is -1.96. The van der Waals surface area contributed by atoms with Gasteiger partial charge in [0.1, 0.15) is 12.2 Å². The summed E-state index contributed by atoms with van der Waals surface area (Å²) in [5.74, 6) is 0.340. The van der Waals surface area contributed by atoms with Crippen molar-refractivity contribution in [2.75, 3.05) is 20.1 Å². The summed E-state index contributed by atoms with van der Waals surface area (Å²) in [5, 5.41) is 7.12. The fourth-order valence-electron chi connectivity index (χ4n) is 2.58. The maximum Gasteiger partial charge on any atom is 0.237 e. The van der Waals surface area contributed by atoms with E-state index in [4.69, 9.17) is 0 Å². The zero-order chi connectivity index (χ0) is 17.9. The molecule has 2 amide bonds. The highest BCUT2D eigenvalue weighted by Gasteiger charge is 2.31. The molecule has 8 heteroatoms. The second kappa shape index (κ2) is 7.74. The van der Waals surface area contributed by atoms with Gasteiger partial charge in [-0.2, -0.15) is 5.10 Å². The van der Waals surface area contributed by atoms with Crippen molar-refractivity contribution < 1.29 is 9.59 Å². The molecule has 1 unspecified atom stereocenters. The van der Waals surface area contributed by atoms with E-state index in [-0.39, 0.29) is 29.8 Å². The average molecular weight is 336 g/mol. The number of carbonyl (C=O) groups is 2. The van der Waals surface area contributed by atoms with Gasteiger partial charge in [-0.05, 0) is 34.7 Å². The van der Waals surface area contributed by atoms with Crippen LogP contribution in [-0.2, 0) is 22.7 Å². The summed E-state index contributed by atoms with van der Waals surface area (Å²) < 4.78 is 1.73. The number of hydrogen-bond donors (Lipinski definition) is 1. The molecule has 0 radical (unpaired) electrons. The third-order valence-electron chi connectivity index (χ3n) is 4.28. The highest BCUT2D eigenvalue weighted by atomic mass is 16.2. The van der Waals surface area contributed by atoms with Crippen LogP contribution in [0.3, 0.4) is 0 Å². The van der Waals surface area contributed by atoms with Gasteiger partial charge in [0.15, 0.2) is 0 Å². The topological polar surface area (TPSA) is 83.4 Å². The Kier molecular flexibility index (Phi) is 5.93. The molecule has 0 fully saturated rings. The van der Waals surface area contributed by atoms with E-state index in [9.17, 15) is 9.59 Å². The van der Waals surface area contributed by atoms with E-state index in [2.05, 4.69) is 15.4 Å². The predicted octanol–water partition coefficient (Wildman–Crippen LogP) is 0.101. The van der Waals surface area contributed by atoms with Crippen LogP contribution in [0.25, 0.3) is 0 Å². The van der Waals surface area contributed by atoms with E-state index < -0.39 is 0 Å². The number of likely N-dealkylation sites (N-methyl/N-ethyl adjacent to an activating group) is 1. The molecular weight excluding hydrogens is 308 g/mol. The predicted molar refractivity (Wildman–Crippen MR) is 90.0 cm³/mol. The van der Waals surface area contributed by atoms with Gasteiger partial charge in [0.2, 0.25) is 11.8 Å². The summed E-state index contributed by atoms with van der Waals surface area (Å²) in [7, 11) is 1.92. The maximum absolute atomic E-state index is 12.7. The van der Waals surface area contributed by atoms with E-state index in [0.717, 1.165) is 5.82 Å². The minimum absolute atomic E-state index is 0.00463. The molecule has 8 nitrogen and oxygen atoms in total. The van der Waals surface area contributed by atoms with Gasteiger partial charge in [0, 0.05) is 18.6 Å². The standard InChI is InChI=1S/C16H28N6O2/c1-11(2)19-16(24)13-6-21(15(23)9-20(5)12(3)4)8-14-17-10-18-22(14)7-13/h10-13H,6-9H2,1-5H3,(H,19,24). The summed E-state index contributed by atoms with van der Waals surface area (Å²) in [6.45, 7) is 9.48. The van der Waals surface area contributed by atoms with Gasteiger partial charge in [-0.25, -0.2) is 9.67 Å². The van der Waals surface area contributed by atoms with Gasteiger partial charge in [-0.1, -0.05) is 0 Å². The van der Waals surface area contributed by atoms with Crippen LogP contribution in [0.2, 0.25) is 0 Å². The van der Waals surface area contributed by atoms with E-state index in [1.165, 1.54) is 6.33 Å². The molecule has 0 spiro atoms. The van der Waals surface area contributed by atoms with Crippen LogP contribution >= 0.6 is 0 Å². The molecule has 0 aliphatic carbocycles. The highest BCUT2D eigenvalue weighted by molar-refractivity contribution is 5.82. The smallest absolute Gasteiger partial charge is 0.237 e. The van der Waals surface area contributed by atoms with Crippen LogP contribution in [0.1, 0.15) is 33.5 Å². The molecule has 2 heterocycles. The van der Waals surface area contributed by atoms with Gasteiger partial charge >= 0.3 is 0 Å². The zero-order valence-corrected chi connectivity index (χ0v) is 15.2. The molecule has 1 atom stereocenters. The Morgan fingerprint density at radius 2 is 2.04 bits per heavy atom. The number of aromatic nitrogens is 3. The lowest BCUT2D eigenvalue weighted by atomic mass is 10.1. The SMILES string of the molecule is CC(C)NC(=O)C1CN(C(=O)CN(C)C(C)C)Cc2ncnn2C1. The second-order valence-electron chi connectivity index (χ2n) is 7.00. The minimum atomic E-state index is -0.330. The number of nitrogens with zero attached hydrogens (tertiary/aromatic N) is 5. The quantitative estimate of drug-likeness (QED) is 0.825. The lowest BCUT2D eigenvalue weighted by Gasteiger charge is -2.27. The van der Waals surface area contributed by atoms with Crippen molar-refractivity contribution in [1.82, 2.24) is 29.9 Å². The van der Waals surface area contributed by atoms with Crippen molar-refractivity contribution in [3.63, 3.8) is 0 Å². The van der Waals surface area contributed by atoms with Crippen LogP contribution in [0.4, 0.5) is 0 Å². The summed E-state index contributed by atoms with van der Waals surface area (Å²) in [6, 6.07) is 0.344.